The Kier molecular flexibility index (Phi) is 7.06. The highest BCUT2D eigenvalue weighted by molar-refractivity contribution is 7.99. The van der Waals surface area contributed by atoms with E-state index in [0.29, 0.717) is 23.3 Å². The molecule has 182 valence electrons. The van der Waals surface area contributed by atoms with Crippen LogP contribution >= 0.6 is 11.8 Å². The van der Waals surface area contributed by atoms with E-state index in [4.69, 9.17) is 9.47 Å². The van der Waals surface area contributed by atoms with E-state index >= 15 is 0 Å². The minimum atomic E-state index is -1.26. The van der Waals surface area contributed by atoms with E-state index in [-0.39, 0.29) is 12.1 Å². The molecule has 3 fully saturated rings. The first-order valence-corrected chi connectivity index (χ1v) is 14.0. The van der Waals surface area contributed by atoms with Gasteiger partial charge in [0.2, 0.25) is 5.60 Å². The number of thioether (sulfide) groups is 1. The normalized spacial score (nSPS) is 25.7. The quantitative estimate of drug-likeness (QED) is 0.268. The molecule has 0 aromatic heterocycles. The van der Waals surface area contributed by atoms with Crippen molar-refractivity contribution >= 4 is 17.7 Å². The number of hydrogen-bond donors (Lipinski definition) is 0. The maximum Gasteiger partial charge on any atom is 0.348 e. The third-order valence-electron chi connectivity index (χ3n) is 8.35. The molecular formula is C29H38NO3S+. The molecule has 0 aliphatic carbocycles. The van der Waals surface area contributed by atoms with E-state index in [2.05, 4.69) is 13.8 Å². The first-order valence-electron chi connectivity index (χ1n) is 13.0. The van der Waals surface area contributed by atoms with Crippen molar-refractivity contribution in [2.75, 3.05) is 19.0 Å². The van der Waals surface area contributed by atoms with Crippen LogP contribution in [0.25, 0.3) is 0 Å². The zero-order valence-corrected chi connectivity index (χ0v) is 21.3. The van der Waals surface area contributed by atoms with Crippen LogP contribution in [-0.4, -0.2) is 52.9 Å². The molecule has 3 aliphatic heterocycles. The Labute approximate surface area is 208 Å². The summed E-state index contributed by atoms with van der Waals surface area (Å²) in [6, 6.07) is 21.1. The average molecular weight is 481 g/mol. The van der Waals surface area contributed by atoms with E-state index in [1.54, 1.807) is 11.8 Å². The van der Waals surface area contributed by atoms with Gasteiger partial charge in [0, 0.05) is 43.8 Å². The van der Waals surface area contributed by atoms with Gasteiger partial charge in [0.1, 0.15) is 6.10 Å². The van der Waals surface area contributed by atoms with Gasteiger partial charge >= 0.3 is 5.97 Å². The molecule has 2 aromatic rings. The number of ether oxygens (including phenoxy) is 2. The number of rotatable bonds is 8. The van der Waals surface area contributed by atoms with E-state index < -0.39 is 5.60 Å². The second-order valence-corrected chi connectivity index (χ2v) is 12.0. The maximum absolute atomic E-state index is 14.2. The molecule has 0 N–H and O–H groups in total. The molecule has 0 amide bonds. The lowest BCUT2D eigenvalue weighted by Gasteiger charge is -2.47. The summed E-state index contributed by atoms with van der Waals surface area (Å²) in [6.45, 7) is 6.94. The fraction of sp³-hybridized carbons (Fsp3) is 0.552. The van der Waals surface area contributed by atoms with Crippen LogP contribution in [0, 0.1) is 0 Å². The zero-order chi connectivity index (χ0) is 23.6. The maximum atomic E-state index is 14.2. The summed E-state index contributed by atoms with van der Waals surface area (Å²) < 4.78 is 14.3. The molecule has 2 bridgehead atoms. The fourth-order valence-electron chi connectivity index (χ4n) is 6.77. The van der Waals surface area contributed by atoms with Crippen LogP contribution in [0.1, 0.15) is 63.5 Å². The molecular weight excluding hydrogens is 442 g/mol. The first kappa shape index (κ1) is 23.9. The van der Waals surface area contributed by atoms with Crippen LogP contribution in [0.2, 0.25) is 0 Å². The largest absolute Gasteiger partial charge is 0.459 e. The van der Waals surface area contributed by atoms with Crippen molar-refractivity contribution in [3.63, 3.8) is 0 Å². The van der Waals surface area contributed by atoms with Gasteiger partial charge in [-0.3, -0.25) is 0 Å². The Bertz CT molecular complexity index is 902. The highest BCUT2D eigenvalue weighted by atomic mass is 32.2. The van der Waals surface area contributed by atoms with Crippen molar-refractivity contribution in [1.29, 1.82) is 0 Å². The predicted octanol–water partition coefficient (Wildman–Crippen LogP) is 5.89. The standard InChI is InChI=1S/C29H38NO3S/c1-22(2)34-21-32-29(23-11-5-3-6-12-23,24-13-7-4-8-14-24)28(31)33-27-19-25-15-16-26(20-27)30(25)17-9-10-18-30/h3-8,11-14,22,25-27H,9-10,15-21H2,1-2H3/q+1. The van der Waals surface area contributed by atoms with Crippen molar-refractivity contribution in [3.8, 4) is 0 Å². The van der Waals surface area contributed by atoms with Crippen LogP contribution in [0.15, 0.2) is 60.7 Å². The van der Waals surface area contributed by atoms with Gasteiger partial charge < -0.3 is 14.0 Å². The molecule has 2 atom stereocenters. The van der Waals surface area contributed by atoms with Crippen LogP contribution in [0.4, 0.5) is 0 Å². The van der Waals surface area contributed by atoms with Gasteiger partial charge in [-0.25, -0.2) is 4.79 Å². The molecule has 5 rings (SSSR count). The number of benzene rings is 2. The van der Waals surface area contributed by atoms with Gasteiger partial charge in [-0.05, 0) is 11.1 Å². The summed E-state index contributed by atoms with van der Waals surface area (Å²) >= 11 is 1.70. The van der Waals surface area contributed by atoms with E-state index in [0.717, 1.165) is 24.0 Å². The molecule has 0 radical (unpaired) electrons. The summed E-state index contributed by atoms with van der Waals surface area (Å²) in [5.74, 6) is 0.153. The van der Waals surface area contributed by atoms with Gasteiger partial charge in [-0.2, -0.15) is 0 Å². The summed E-state index contributed by atoms with van der Waals surface area (Å²) in [5.41, 5.74) is 0.399. The lowest BCUT2D eigenvalue weighted by Crippen LogP contribution is -2.60. The Morgan fingerprint density at radius 3 is 1.97 bits per heavy atom. The number of esters is 1. The van der Waals surface area contributed by atoms with Gasteiger partial charge in [0.25, 0.3) is 0 Å². The number of hydrogen-bond acceptors (Lipinski definition) is 4. The second-order valence-electron chi connectivity index (χ2n) is 10.5. The summed E-state index contributed by atoms with van der Waals surface area (Å²) in [4.78, 5) is 14.2. The topological polar surface area (TPSA) is 35.5 Å². The van der Waals surface area contributed by atoms with Gasteiger partial charge in [-0.1, -0.05) is 74.5 Å². The lowest BCUT2D eigenvalue weighted by atomic mass is 9.85. The van der Waals surface area contributed by atoms with Crippen molar-refractivity contribution in [2.45, 2.75) is 81.4 Å². The molecule has 3 saturated heterocycles. The number of nitrogens with zero attached hydrogens (tertiary/aromatic N) is 1. The number of carbonyl (C=O) groups excluding carboxylic acids is 1. The Balaban J connectivity index is 1.44. The SMILES string of the molecule is CC(C)SCOC(C(=O)OC1CC2CCC(C1)[N+]21CCCC1)(c1ccccc1)c1ccccc1. The summed E-state index contributed by atoms with van der Waals surface area (Å²) in [5, 5.41) is 0.412. The highest BCUT2D eigenvalue weighted by Crippen LogP contribution is 2.47. The van der Waals surface area contributed by atoms with Crippen molar-refractivity contribution in [2.24, 2.45) is 0 Å². The van der Waals surface area contributed by atoms with Crippen LogP contribution in [0.5, 0.6) is 0 Å². The molecule has 4 nitrogen and oxygen atoms in total. The van der Waals surface area contributed by atoms with E-state index in [1.807, 2.05) is 60.7 Å². The van der Waals surface area contributed by atoms with Gasteiger partial charge in [0.05, 0.1) is 31.1 Å². The monoisotopic (exact) mass is 480 g/mol. The first-order chi connectivity index (χ1) is 16.5. The minimum Gasteiger partial charge on any atom is -0.459 e. The van der Waals surface area contributed by atoms with Crippen LogP contribution in [0.3, 0.4) is 0 Å². The molecule has 2 unspecified atom stereocenters. The molecule has 5 heteroatoms. The third-order valence-corrected chi connectivity index (χ3v) is 9.28. The van der Waals surface area contributed by atoms with Crippen molar-refractivity contribution in [1.82, 2.24) is 0 Å². The van der Waals surface area contributed by atoms with Crippen LogP contribution < -0.4 is 0 Å². The molecule has 2 aromatic carbocycles. The van der Waals surface area contributed by atoms with Gasteiger partial charge in [-0.15, -0.1) is 11.8 Å². The molecule has 1 spiro atoms. The van der Waals surface area contributed by atoms with Crippen molar-refractivity contribution < 1.29 is 18.8 Å². The lowest BCUT2D eigenvalue weighted by molar-refractivity contribution is -0.956. The average Bonchev–Trinajstić information content (AvgIpc) is 3.39. The Morgan fingerprint density at radius 1 is 0.941 bits per heavy atom. The fourth-order valence-corrected chi connectivity index (χ4v) is 7.29. The molecule has 3 heterocycles. The smallest absolute Gasteiger partial charge is 0.348 e. The highest BCUT2D eigenvalue weighted by Gasteiger charge is 2.56. The molecule has 34 heavy (non-hydrogen) atoms. The Hall–Kier alpha value is -1.82. The number of piperidine rings is 1. The third kappa shape index (κ3) is 4.31. The van der Waals surface area contributed by atoms with Crippen molar-refractivity contribution in [3.05, 3.63) is 71.8 Å². The minimum absolute atomic E-state index is 0.0255. The number of carbonyl (C=O) groups is 1. The summed E-state index contributed by atoms with van der Waals surface area (Å²) in [7, 11) is 0. The molecule has 0 saturated carbocycles. The van der Waals surface area contributed by atoms with Crippen LogP contribution in [-0.2, 0) is 19.9 Å². The number of quaternary nitrogens is 1. The Morgan fingerprint density at radius 2 is 1.47 bits per heavy atom. The van der Waals surface area contributed by atoms with E-state index in [1.165, 1.54) is 43.3 Å². The van der Waals surface area contributed by atoms with E-state index in [9.17, 15) is 4.79 Å². The predicted molar refractivity (Wildman–Crippen MR) is 137 cm³/mol. The van der Waals surface area contributed by atoms with Gasteiger partial charge in [0.15, 0.2) is 0 Å². The zero-order valence-electron chi connectivity index (χ0n) is 20.5. The second kappa shape index (κ2) is 10.0. The summed E-state index contributed by atoms with van der Waals surface area (Å²) in [6.07, 6.45) is 7.22. The molecule has 3 aliphatic rings.